The zero-order chi connectivity index (χ0) is 15.6. The summed E-state index contributed by atoms with van der Waals surface area (Å²) in [6.45, 7) is 5.92. The van der Waals surface area contributed by atoms with Gasteiger partial charge < -0.3 is 16.2 Å². The summed E-state index contributed by atoms with van der Waals surface area (Å²) in [6, 6.07) is 9.25. The summed E-state index contributed by atoms with van der Waals surface area (Å²) in [4.78, 5) is 7.90. The Bertz CT molecular complexity index is 696. The lowest BCUT2D eigenvalue weighted by molar-refractivity contribution is 0.131. The van der Waals surface area contributed by atoms with Gasteiger partial charge in [0.1, 0.15) is 28.8 Å². The zero-order valence-electron chi connectivity index (χ0n) is 12.2. The van der Waals surface area contributed by atoms with E-state index in [2.05, 4.69) is 9.97 Å². The van der Waals surface area contributed by atoms with E-state index in [0.29, 0.717) is 5.69 Å². The van der Waals surface area contributed by atoms with Crippen molar-refractivity contribution in [1.29, 1.82) is 5.26 Å². The summed E-state index contributed by atoms with van der Waals surface area (Å²) in [5.41, 5.74) is 12.4. The van der Waals surface area contributed by atoms with Crippen molar-refractivity contribution in [2.45, 2.75) is 26.4 Å². The van der Waals surface area contributed by atoms with Crippen LogP contribution in [0.4, 0.5) is 11.8 Å². The van der Waals surface area contributed by atoms with E-state index in [1.54, 1.807) is 0 Å². The van der Waals surface area contributed by atoms with E-state index in [0.717, 1.165) is 11.3 Å². The highest BCUT2D eigenvalue weighted by Gasteiger charge is 2.15. The minimum absolute atomic E-state index is 0.0384. The fraction of sp³-hybridized carbons (Fsp3) is 0.267. The van der Waals surface area contributed by atoms with Crippen LogP contribution in [0.3, 0.4) is 0 Å². The maximum atomic E-state index is 9.18. The van der Waals surface area contributed by atoms with Crippen LogP contribution >= 0.6 is 0 Å². The number of hydrogen-bond acceptors (Lipinski definition) is 6. The summed E-state index contributed by atoms with van der Waals surface area (Å²) in [5, 5.41) is 9.18. The highest BCUT2D eigenvalue weighted by atomic mass is 16.5. The molecule has 1 heterocycles. The Morgan fingerprint density at radius 1 is 1.10 bits per heavy atom. The van der Waals surface area contributed by atoms with Gasteiger partial charge >= 0.3 is 0 Å². The summed E-state index contributed by atoms with van der Waals surface area (Å²) in [7, 11) is 0. The molecule has 0 aliphatic heterocycles. The van der Waals surface area contributed by atoms with E-state index < -0.39 is 0 Å². The summed E-state index contributed by atoms with van der Waals surface area (Å²) < 4.78 is 5.75. The second kappa shape index (κ2) is 5.29. The van der Waals surface area contributed by atoms with Crippen molar-refractivity contribution in [3.05, 3.63) is 29.8 Å². The van der Waals surface area contributed by atoms with Crippen LogP contribution in [0.25, 0.3) is 11.3 Å². The van der Waals surface area contributed by atoms with Gasteiger partial charge in [-0.25, -0.2) is 4.98 Å². The standard InChI is InChI=1S/C15H17N5O/c1-15(2,3)21-10-6-4-9(5-7-10)12-11(8-16)13(17)20-14(18)19-12/h4-7H,1-3H3,(H4,17,18,19,20). The maximum absolute atomic E-state index is 9.18. The first-order chi connectivity index (χ1) is 9.80. The van der Waals surface area contributed by atoms with Crippen molar-refractivity contribution in [3.63, 3.8) is 0 Å². The molecule has 2 rings (SSSR count). The van der Waals surface area contributed by atoms with Crippen molar-refractivity contribution in [3.8, 4) is 23.1 Å². The number of nitrogens with zero attached hydrogens (tertiary/aromatic N) is 3. The fourth-order valence-electron chi connectivity index (χ4n) is 1.85. The minimum Gasteiger partial charge on any atom is -0.488 e. The molecule has 0 saturated heterocycles. The quantitative estimate of drug-likeness (QED) is 0.875. The molecule has 6 nitrogen and oxygen atoms in total. The first kappa shape index (κ1) is 14.6. The van der Waals surface area contributed by atoms with Gasteiger partial charge in [-0.2, -0.15) is 10.2 Å². The molecule has 21 heavy (non-hydrogen) atoms. The summed E-state index contributed by atoms with van der Waals surface area (Å²) in [5.74, 6) is 0.853. The summed E-state index contributed by atoms with van der Waals surface area (Å²) >= 11 is 0. The van der Waals surface area contributed by atoms with Crippen LogP contribution in [0.2, 0.25) is 0 Å². The van der Waals surface area contributed by atoms with Crippen molar-refractivity contribution in [2.24, 2.45) is 0 Å². The molecule has 0 amide bonds. The summed E-state index contributed by atoms with van der Waals surface area (Å²) in [6.07, 6.45) is 0. The van der Waals surface area contributed by atoms with Gasteiger partial charge in [-0.1, -0.05) is 0 Å². The molecule has 0 fully saturated rings. The van der Waals surface area contributed by atoms with Crippen LogP contribution in [0.1, 0.15) is 26.3 Å². The van der Waals surface area contributed by atoms with Gasteiger partial charge in [0.15, 0.2) is 0 Å². The Balaban J connectivity index is 2.42. The molecular weight excluding hydrogens is 266 g/mol. The Kier molecular flexibility index (Phi) is 3.68. The van der Waals surface area contributed by atoms with Gasteiger partial charge in [0.25, 0.3) is 0 Å². The third-order valence-electron chi connectivity index (χ3n) is 2.62. The molecular formula is C15H17N5O. The second-order valence-electron chi connectivity index (χ2n) is 5.54. The molecule has 4 N–H and O–H groups in total. The van der Waals surface area contributed by atoms with E-state index in [1.165, 1.54) is 0 Å². The molecule has 0 bridgehead atoms. The largest absolute Gasteiger partial charge is 0.488 e. The van der Waals surface area contributed by atoms with Crippen LogP contribution in [-0.4, -0.2) is 15.6 Å². The number of ether oxygens (including phenoxy) is 1. The molecule has 0 aliphatic rings. The van der Waals surface area contributed by atoms with Gasteiger partial charge in [0.05, 0.1) is 5.69 Å². The van der Waals surface area contributed by atoms with Crippen LogP contribution in [0, 0.1) is 11.3 Å². The van der Waals surface area contributed by atoms with Gasteiger partial charge in [0.2, 0.25) is 5.95 Å². The number of benzene rings is 1. The second-order valence-corrected chi connectivity index (χ2v) is 5.54. The van der Waals surface area contributed by atoms with Gasteiger partial charge in [0, 0.05) is 5.56 Å². The first-order valence-corrected chi connectivity index (χ1v) is 6.42. The van der Waals surface area contributed by atoms with Crippen LogP contribution in [-0.2, 0) is 0 Å². The fourth-order valence-corrected chi connectivity index (χ4v) is 1.85. The lowest BCUT2D eigenvalue weighted by Gasteiger charge is -2.21. The van der Waals surface area contributed by atoms with Crippen molar-refractivity contribution < 1.29 is 4.74 Å². The molecule has 0 atom stereocenters. The number of nitrogen functional groups attached to an aromatic ring is 2. The van der Waals surface area contributed by atoms with E-state index in [-0.39, 0.29) is 22.9 Å². The Hall–Kier alpha value is -2.81. The normalized spacial score (nSPS) is 11.0. The zero-order valence-corrected chi connectivity index (χ0v) is 12.2. The molecule has 108 valence electrons. The van der Waals surface area contributed by atoms with Gasteiger partial charge in [-0.15, -0.1) is 0 Å². The Labute approximate surface area is 123 Å². The molecule has 1 aromatic carbocycles. The lowest BCUT2D eigenvalue weighted by Crippen LogP contribution is -2.22. The number of hydrogen-bond donors (Lipinski definition) is 2. The molecule has 0 radical (unpaired) electrons. The third-order valence-corrected chi connectivity index (χ3v) is 2.62. The van der Waals surface area contributed by atoms with Gasteiger partial charge in [-0.3, -0.25) is 0 Å². The monoisotopic (exact) mass is 283 g/mol. The van der Waals surface area contributed by atoms with E-state index in [1.807, 2.05) is 51.1 Å². The van der Waals surface area contributed by atoms with Crippen molar-refractivity contribution >= 4 is 11.8 Å². The predicted octanol–water partition coefficient (Wildman–Crippen LogP) is 2.36. The Morgan fingerprint density at radius 2 is 1.71 bits per heavy atom. The van der Waals surface area contributed by atoms with Gasteiger partial charge in [-0.05, 0) is 45.0 Å². The first-order valence-electron chi connectivity index (χ1n) is 6.42. The topological polar surface area (TPSA) is 111 Å². The van der Waals surface area contributed by atoms with Crippen LogP contribution in [0.5, 0.6) is 5.75 Å². The molecule has 2 aromatic rings. The van der Waals surface area contributed by atoms with E-state index >= 15 is 0 Å². The molecule has 0 unspecified atom stereocenters. The van der Waals surface area contributed by atoms with Crippen LogP contribution in [0.15, 0.2) is 24.3 Å². The average molecular weight is 283 g/mol. The predicted molar refractivity (Wildman–Crippen MR) is 81.4 cm³/mol. The van der Waals surface area contributed by atoms with E-state index in [4.69, 9.17) is 16.2 Å². The van der Waals surface area contributed by atoms with E-state index in [9.17, 15) is 5.26 Å². The molecule has 0 saturated carbocycles. The minimum atomic E-state index is -0.275. The molecule has 1 aromatic heterocycles. The number of nitrogens with two attached hydrogens (primary N) is 2. The molecule has 6 heteroatoms. The number of nitriles is 1. The lowest BCUT2D eigenvalue weighted by atomic mass is 10.1. The molecule has 0 aliphatic carbocycles. The molecule has 0 spiro atoms. The van der Waals surface area contributed by atoms with Crippen LogP contribution < -0.4 is 16.2 Å². The highest BCUT2D eigenvalue weighted by Crippen LogP contribution is 2.27. The third kappa shape index (κ3) is 3.39. The maximum Gasteiger partial charge on any atom is 0.222 e. The SMILES string of the molecule is CC(C)(C)Oc1ccc(-c2nc(N)nc(N)c2C#N)cc1. The Morgan fingerprint density at radius 3 is 2.24 bits per heavy atom. The highest BCUT2D eigenvalue weighted by molar-refractivity contribution is 5.73. The van der Waals surface area contributed by atoms with Crippen molar-refractivity contribution in [1.82, 2.24) is 9.97 Å². The number of anilines is 2. The average Bonchev–Trinajstić information content (AvgIpc) is 2.37. The van der Waals surface area contributed by atoms with Crippen molar-refractivity contribution in [2.75, 3.05) is 11.5 Å². The smallest absolute Gasteiger partial charge is 0.222 e. The number of rotatable bonds is 2. The number of aromatic nitrogens is 2.